The van der Waals surface area contributed by atoms with Crippen LogP contribution >= 0.6 is 0 Å². The van der Waals surface area contributed by atoms with Gasteiger partial charge in [-0.1, -0.05) is 61.7 Å². The number of carbonyl (C=O) groups excluding carboxylic acids is 1. The van der Waals surface area contributed by atoms with Gasteiger partial charge in [0, 0.05) is 11.1 Å². The number of carbonyl (C=O) groups is 1. The van der Waals surface area contributed by atoms with E-state index in [0.717, 1.165) is 31.2 Å². The van der Waals surface area contributed by atoms with Crippen molar-refractivity contribution in [3.63, 3.8) is 0 Å². The Hall–Kier alpha value is -2.13. The molecule has 3 nitrogen and oxygen atoms in total. The molecule has 0 unspecified atom stereocenters. The number of hydrogen-bond acceptors (Lipinski definition) is 3. The molecule has 0 atom stereocenters. The lowest BCUT2D eigenvalue weighted by molar-refractivity contribution is -0.111. The molecule has 0 heterocycles. The summed E-state index contributed by atoms with van der Waals surface area (Å²) < 4.78 is 0. The summed E-state index contributed by atoms with van der Waals surface area (Å²) in [5, 5.41) is 12.2. The molecule has 1 aromatic rings. The molecule has 1 saturated carbocycles. The molecular weight excluding hydrogens is 274 g/mol. The van der Waals surface area contributed by atoms with E-state index < -0.39 is 0 Å². The topological polar surface area (TPSA) is 40.5 Å². The smallest absolute Gasteiger partial charge is 0.188 e. The van der Waals surface area contributed by atoms with Gasteiger partial charge in [0.2, 0.25) is 0 Å². The zero-order valence-electron chi connectivity index (χ0n) is 12.6. The molecule has 0 aromatic heterocycles. The van der Waals surface area contributed by atoms with Gasteiger partial charge >= 0.3 is 0 Å². The van der Waals surface area contributed by atoms with Crippen LogP contribution in [0.15, 0.2) is 60.2 Å². The van der Waals surface area contributed by atoms with Crippen molar-refractivity contribution in [3.05, 3.63) is 65.8 Å². The lowest BCUT2D eigenvalue weighted by Gasteiger charge is -2.33. The van der Waals surface area contributed by atoms with Crippen molar-refractivity contribution < 1.29 is 10.0 Å². The number of ketones is 1. The minimum atomic E-state index is -0.0591. The third-order valence-corrected chi connectivity index (χ3v) is 4.34. The van der Waals surface area contributed by atoms with Crippen LogP contribution in [0, 0.1) is 0 Å². The molecule has 0 spiro atoms. The summed E-state index contributed by atoms with van der Waals surface area (Å²) in [6.07, 6.45) is 12.3. The molecule has 1 N–H and O–H groups in total. The van der Waals surface area contributed by atoms with Crippen LogP contribution in [0.5, 0.6) is 0 Å². The van der Waals surface area contributed by atoms with Crippen molar-refractivity contribution >= 4 is 11.5 Å². The van der Waals surface area contributed by atoms with Gasteiger partial charge in [0.05, 0.1) is 11.7 Å². The lowest BCUT2D eigenvalue weighted by atomic mass is 9.92. The van der Waals surface area contributed by atoms with Gasteiger partial charge in [-0.05, 0) is 25.0 Å². The van der Waals surface area contributed by atoms with Crippen LogP contribution in [-0.4, -0.2) is 22.1 Å². The number of hydrogen-bond donors (Lipinski definition) is 1. The van der Waals surface area contributed by atoms with E-state index in [1.54, 1.807) is 18.2 Å². The number of allylic oxidation sites excluding steroid dienone is 5. The van der Waals surface area contributed by atoms with Crippen molar-refractivity contribution in [1.82, 2.24) is 5.06 Å². The number of nitrogens with zero attached hydrogens (tertiary/aromatic N) is 1. The van der Waals surface area contributed by atoms with E-state index >= 15 is 0 Å². The zero-order chi connectivity index (χ0) is 15.4. The number of rotatable bonds is 3. The molecule has 0 radical (unpaired) electrons. The van der Waals surface area contributed by atoms with Gasteiger partial charge in [0.1, 0.15) is 0 Å². The van der Waals surface area contributed by atoms with Crippen molar-refractivity contribution in [2.45, 2.75) is 38.1 Å². The minimum absolute atomic E-state index is 0.0591. The molecule has 22 heavy (non-hydrogen) atoms. The number of benzene rings is 1. The van der Waals surface area contributed by atoms with Gasteiger partial charge in [0.25, 0.3) is 0 Å². The van der Waals surface area contributed by atoms with Crippen molar-refractivity contribution in [1.29, 1.82) is 0 Å². The molecule has 1 fully saturated rings. The first-order valence-electron chi connectivity index (χ1n) is 7.94. The molecule has 0 bridgehead atoms. The molecule has 0 aliphatic heterocycles. The van der Waals surface area contributed by atoms with Crippen molar-refractivity contribution in [3.8, 4) is 0 Å². The Morgan fingerprint density at radius 1 is 1.00 bits per heavy atom. The predicted molar refractivity (Wildman–Crippen MR) is 87.1 cm³/mol. The van der Waals surface area contributed by atoms with Gasteiger partial charge in [-0.15, -0.1) is 0 Å². The summed E-state index contributed by atoms with van der Waals surface area (Å²) in [5.74, 6) is -0.0591. The van der Waals surface area contributed by atoms with Gasteiger partial charge in [0.15, 0.2) is 5.78 Å². The molecule has 2 aliphatic rings. The SMILES string of the molecule is O=C1C=CC=CC1=C(c1ccccc1)N(O)C1CCCCC1. The standard InChI is InChI=1S/C19H21NO2/c21-18-14-8-7-13-17(18)19(15-9-3-1-4-10-15)20(22)16-11-5-2-6-12-16/h1,3-4,7-10,13-14,16,22H,2,5-6,11-12H2. The highest BCUT2D eigenvalue weighted by Gasteiger charge is 2.26. The Kier molecular flexibility index (Phi) is 4.54. The molecule has 114 valence electrons. The van der Waals surface area contributed by atoms with Crippen LogP contribution in [0.1, 0.15) is 37.7 Å². The summed E-state index contributed by atoms with van der Waals surface area (Å²) in [7, 11) is 0. The van der Waals surface area contributed by atoms with Gasteiger partial charge in [-0.3, -0.25) is 15.1 Å². The van der Waals surface area contributed by atoms with E-state index in [1.165, 1.54) is 11.5 Å². The van der Waals surface area contributed by atoms with Crippen LogP contribution < -0.4 is 0 Å². The summed E-state index contributed by atoms with van der Waals surface area (Å²) >= 11 is 0. The van der Waals surface area contributed by atoms with Crippen LogP contribution in [-0.2, 0) is 4.79 Å². The minimum Gasteiger partial charge on any atom is -0.289 e. The second kappa shape index (κ2) is 6.75. The highest BCUT2D eigenvalue weighted by atomic mass is 16.5. The summed E-state index contributed by atoms with van der Waals surface area (Å²) in [4.78, 5) is 12.3. The second-order valence-corrected chi connectivity index (χ2v) is 5.85. The van der Waals surface area contributed by atoms with E-state index in [0.29, 0.717) is 11.3 Å². The van der Waals surface area contributed by atoms with Crippen LogP contribution in [0.4, 0.5) is 0 Å². The fraction of sp³-hybridized carbons (Fsp3) is 0.316. The summed E-state index contributed by atoms with van der Waals surface area (Å²) in [5.41, 5.74) is 2.05. The van der Waals surface area contributed by atoms with Gasteiger partial charge in [-0.25, -0.2) is 0 Å². The number of hydroxylamine groups is 2. The van der Waals surface area contributed by atoms with Crippen LogP contribution in [0.2, 0.25) is 0 Å². The monoisotopic (exact) mass is 295 g/mol. The van der Waals surface area contributed by atoms with E-state index in [1.807, 2.05) is 36.4 Å². The van der Waals surface area contributed by atoms with Gasteiger partial charge < -0.3 is 0 Å². The normalized spacial score (nSPS) is 21.0. The average molecular weight is 295 g/mol. The maximum absolute atomic E-state index is 12.3. The molecule has 2 aliphatic carbocycles. The Bertz CT molecular complexity index is 622. The Morgan fingerprint density at radius 3 is 2.36 bits per heavy atom. The zero-order valence-corrected chi connectivity index (χ0v) is 12.6. The first-order chi connectivity index (χ1) is 10.8. The quantitative estimate of drug-likeness (QED) is 0.673. The third-order valence-electron chi connectivity index (χ3n) is 4.34. The van der Waals surface area contributed by atoms with E-state index in [2.05, 4.69) is 0 Å². The fourth-order valence-corrected chi connectivity index (χ4v) is 3.18. The van der Waals surface area contributed by atoms with Crippen molar-refractivity contribution in [2.75, 3.05) is 0 Å². The lowest BCUT2D eigenvalue weighted by Crippen LogP contribution is -2.34. The molecule has 3 heteroatoms. The highest BCUT2D eigenvalue weighted by Crippen LogP contribution is 2.31. The van der Waals surface area contributed by atoms with Crippen molar-refractivity contribution in [2.24, 2.45) is 0 Å². The highest BCUT2D eigenvalue weighted by molar-refractivity contribution is 6.12. The maximum atomic E-state index is 12.3. The largest absolute Gasteiger partial charge is 0.289 e. The van der Waals surface area contributed by atoms with E-state index in [4.69, 9.17) is 0 Å². The van der Waals surface area contributed by atoms with Crippen LogP contribution in [0.3, 0.4) is 0 Å². The average Bonchev–Trinajstić information content (AvgIpc) is 2.58. The predicted octanol–water partition coefficient (Wildman–Crippen LogP) is 4.12. The maximum Gasteiger partial charge on any atom is 0.188 e. The summed E-state index contributed by atoms with van der Waals surface area (Å²) in [6.45, 7) is 0. The Morgan fingerprint density at radius 2 is 1.68 bits per heavy atom. The third kappa shape index (κ3) is 3.04. The first kappa shape index (κ1) is 14.8. The van der Waals surface area contributed by atoms with Crippen LogP contribution in [0.25, 0.3) is 5.70 Å². The van der Waals surface area contributed by atoms with E-state index in [-0.39, 0.29) is 11.8 Å². The Balaban J connectivity index is 2.03. The second-order valence-electron chi connectivity index (χ2n) is 5.85. The Labute approximate surface area is 131 Å². The first-order valence-corrected chi connectivity index (χ1v) is 7.94. The molecule has 0 amide bonds. The molecule has 1 aromatic carbocycles. The van der Waals surface area contributed by atoms with Gasteiger partial charge in [-0.2, -0.15) is 0 Å². The molecular formula is C19H21NO2. The summed E-state index contributed by atoms with van der Waals surface area (Å²) in [6, 6.07) is 9.76. The van der Waals surface area contributed by atoms with E-state index in [9.17, 15) is 10.0 Å². The molecule has 3 rings (SSSR count). The molecule has 0 saturated heterocycles. The fourth-order valence-electron chi connectivity index (χ4n) is 3.18.